The lowest BCUT2D eigenvalue weighted by molar-refractivity contribution is -0.139. The fourth-order valence-corrected chi connectivity index (χ4v) is 4.07. The Morgan fingerprint density at radius 3 is 2.25 bits per heavy atom. The van der Waals surface area contributed by atoms with Crippen LogP contribution in [-0.2, 0) is 16.0 Å². The molecule has 0 fully saturated rings. The topological polar surface area (TPSA) is 84.9 Å². The van der Waals surface area contributed by atoms with Gasteiger partial charge in [0.2, 0.25) is 0 Å². The molecule has 0 heterocycles. The second-order valence-electron chi connectivity index (χ2n) is 7.56. The molecule has 3 aromatic carbocycles. The van der Waals surface area contributed by atoms with Crippen LogP contribution < -0.4 is 10.1 Å². The zero-order valence-corrected chi connectivity index (χ0v) is 17.4. The van der Waals surface area contributed by atoms with E-state index in [1.807, 2.05) is 48.5 Å². The van der Waals surface area contributed by atoms with Crippen LogP contribution in [0.2, 0.25) is 0 Å². The van der Waals surface area contributed by atoms with Crippen molar-refractivity contribution in [2.75, 3.05) is 13.7 Å². The molecule has 1 aliphatic rings. The first-order valence-corrected chi connectivity index (χ1v) is 10.1. The van der Waals surface area contributed by atoms with Crippen LogP contribution in [0, 0.1) is 5.82 Å². The molecule has 6 nitrogen and oxygen atoms in total. The molecule has 1 atom stereocenters. The summed E-state index contributed by atoms with van der Waals surface area (Å²) in [6.45, 7) is 0.0694. The van der Waals surface area contributed by atoms with Gasteiger partial charge in [-0.15, -0.1) is 0 Å². The van der Waals surface area contributed by atoms with Crippen molar-refractivity contribution >= 4 is 12.1 Å². The van der Waals surface area contributed by atoms with E-state index in [9.17, 15) is 19.1 Å². The highest BCUT2D eigenvalue weighted by atomic mass is 19.1. The van der Waals surface area contributed by atoms with Crippen molar-refractivity contribution in [1.82, 2.24) is 5.32 Å². The molecule has 4 rings (SSSR count). The predicted octanol–water partition coefficient (Wildman–Crippen LogP) is 4.37. The number of benzene rings is 3. The number of rotatable bonds is 7. The average molecular weight is 435 g/mol. The number of carboxylic acids is 1. The Balaban J connectivity index is 1.44. The lowest BCUT2D eigenvalue weighted by atomic mass is 9.98. The monoisotopic (exact) mass is 435 g/mol. The fourth-order valence-electron chi connectivity index (χ4n) is 4.07. The second-order valence-corrected chi connectivity index (χ2v) is 7.56. The molecule has 0 spiro atoms. The van der Waals surface area contributed by atoms with Gasteiger partial charge in [-0.05, 0) is 39.9 Å². The van der Waals surface area contributed by atoms with Crippen molar-refractivity contribution < 1.29 is 28.6 Å². The van der Waals surface area contributed by atoms with Crippen LogP contribution >= 0.6 is 0 Å². The van der Waals surface area contributed by atoms with E-state index in [-0.39, 0.29) is 24.7 Å². The summed E-state index contributed by atoms with van der Waals surface area (Å²) < 4.78 is 24.2. The van der Waals surface area contributed by atoms with E-state index >= 15 is 0 Å². The van der Waals surface area contributed by atoms with E-state index in [0.29, 0.717) is 5.56 Å². The third-order valence-corrected chi connectivity index (χ3v) is 5.54. The first kappa shape index (κ1) is 21.4. The molecule has 0 saturated heterocycles. The van der Waals surface area contributed by atoms with Crippen molar-refractivity contribution in [3.8, 4) is 16.9 Å². The molecule has 0 bridgehead atoms. The van der Waals surface area contributed by atoms with E-state index in [1.54, 1.807) is 0 Å². The van der Waals surface area contributed by atoms with Crippen molar-refractivity contribution in [3.05, 3.63) is 89.2 Å². The Kier molecular flexibility index (Phi) is 6.07. The van der Waals surface area contributed by atoms with Crippen LogP contribution in [0.25, 0.3) is 11.1 Å². The smallest absolute Gasteiger partial charge is 0.407 e. The zero-order chi connectivity index (χ0) is 22.7. The number of hydrogen-bond donors (Lipinski definition) is 2. The number of halogens is 1. The van der Waals surface area contributed by atoms with Gasteiger partial charge in [0.25, 0.3) is 0 Å². The van der Waals surface area contributed by atoms with Gasteiger partial charge in [-0.25, -0.2) is 14.0 Å². The van der Waals surface area contributed by atoms with Crippen molar-refractivity contribution in [2.45, 2.75) is 18.4 Å². The molecule has 1 aliphatic carbocycles. The third-order valence-electron chi connectivity index (χ3n) is 5.54. The largest absolute Gasteiger partial charge is 0.497 e. The summed E-state index contributed by atoms with van der Waals surface area (Å²) in [5.74, 6) is -1.67. The number of amides is 1. The number of carboxylic acid groups (broad SMARTS) is 1. The molecule has 1 amide bonds. The van der Waals surface area contributed by atoms with Gasteiger partial charge < -0.3 is 19.9 Å². The highest BCUT2D eigenvalue weighted by molar-refractivity contribution is 5.81. The van der Waals surface area contributed by atoms with Crippen LogP contribution in [0.1, 0.15) is 22.6 Å². The summed E-state index contributed by atoms with van der Waals surface area (Å²) in [7, 11) is 1.39. The minimum Gasteiger partial charge on any atom is -0.497 e. The Morgan fingerprint density at radius 2 is 1.66 bits per heavy atom. The maximum Gasteiger partial charge on any atom is 0.407 e. The summed E-state index contributed by atoms with van der Waals surface area (Å²) >= 11 is 0. The number of methoxy groups -OCH3 is 1. The lowest BCUT2D eigenvalue weighted by Crippen LogP contribution is -2.42. The Morgan fingerprint density at radius 1 is 1.03 bits per heavy atom. The molecule has 2 N–H and O–H groups in total. The summed E-state index contributed by atoms with van der Waals surface area (Å²) in [6, 6.07) is 18.5. The molecule has 0 aliphatic heterocycles. The average Bonchev–Trinajstić information content (AvgIpc) is 3.10. The van der Waals surface area contributed by atoms with Gasteiger partial charge in [0, 0.05) is 18.4 Å². The maximum atomic E-state index is 13.7. The fraction of sp³-hybridized carbons (Fsp3) is 0.200. The number of alkyl carbamates (subject to hydrolysis) is 1. The summed E-state index contributed by atoms with van der Waals surface area (Å²) in [5, 5.41) is 11.9. The molecule has 1 unspecified atom stereocenters. The first-order chi connectivity index (χ1) is 15.5. The van der Waals surface area contributed by atoms with E-state index in [2.05, 4.69) is 5.32 Å². The number of carbonyl (C=O) groups excluding carboxylic acids is 1. The quantitative estimate of drug-likeness (QED) is 0.576. The van der Waals surface area contributed by atoms with Crippen LogP contribution in [0.15, 0.2) is 66.7 Å². The number of fused-ring (bicyclic) bond motifs is 3. The minimum absolute atomic E-state index is 0.0694. The van der Waals surface area contributed by atoms with Gasteiger partial charge in [-0.1, -0.05) is 48.5 Å². The number of aliphatic carboxylic acids is 1. The van der Waals surface area contributed by atoms with E-state index < -0.39 is 23.9 Å². The van der Waals surface area contributed by atoms with Gasteiger partial charge in [0.1, 0.15) is 24.2 Å². The van der Waals surface area contributed by atoms with Gasteiger partial charge in [0.15, 0.2) is 0 Å². The number of ether oxygens (including phenoxy) is 2. The molecule has 164 valence electrons. The molecular formula is C25H22FNO5. The normalized spacial score (nSPS) is 13.1. The van der Waals surface area contributed by atoms with E-state index in [1.165, 1.54) is 25.3 Å². The molecule has 3 aromatic rings. The first-order valence-electron chi connectivity index (χ1n) is 10.1. The van der Waals surface area contributed by atoms with Crippen molar-refractivity contribution in [2.24, 2.45) is 0 Å². The van der Waals surface area contributed by atoms with Gasteiger partial charge in [-0.3, -0.25) is 0 Å². The molecular weight excluding hydrogens is 413 g/mol. The van der Waals surface area contributed by atoms with E-state index in [0.717, 1.165) is 22.3 Å². The molecule has 0 aromatic heterocycles. The second kappa shape index (κ2) is 9.09. The van der Waals surface area contributed by atoms with Crippen LogP contribution in [0.4, 0.5) is 9.18 Å². The lowest BCUT2D eigenvalue weighted by Gasteiger charge is -2.18. The number of carbonyl (C=O) groups is 2. The SMILES string of the molecule is COc1cc(F)cc(CC(NC(=O)OCC2c3ccccc3-c3ccccc32)C(=O)O)c1. The van der Waals surface area contributed by atoms with Crippen molar-refractivity contribution in [3.63, 3.8) is 0 Å². The maximum absolute atomic E-state index is 13.7. The van der Waals surface area contributed by atoms with Gasteiger partial charge in [-0.2, -0.15) is 0 Å². The molecule has 0 radical (unpaired) electrons. The number of hydrogen-bond acceptors (Lipinski definition) is 4. The molecule has 7 heteroatoms. The summed E-state index contributed by atoms with van der Waals surface area (Å²) in [5.41, 5.74) is 4.70. The highest BCUT2D eigenvalue weighted by Crippen LogP contribution is 2.44. The van der Waals surface area contributed by atoms with Crippen LogP contribution in [0.5, 0.6) is 5.75 Å². The zero-order valence-electron chi connectivity index (χ0n) is 17.4. The summed E-state index contributed by atoms with van der Waals surface area (Å²) in [6.07, 6.45) is -0.962. The van der Waals surface area contributed by atoms with Crippen molar-refractivity contribution in [1.29, 1.82) is 0 Å². The van der Waals surface area contributed by atoms with E-state index in [4.69, 9.17) is 9.47 Å². The standard InChI is InChI=1S/C25H22FNO5/c1-31-17-11-15(10-16(26)13-17)12-23(24(28)29)27-25(30)32-14-22-20-8-4-2-6-18(20)19-7-3-5-9-21(19)22/h2-11,13,22-23H,12,14H2,1H3,(H,27,30)(H,28,29). The predicted molar refractivity (Wildman–Crippen MR) is 116 cm³/mol. The third kappa shape index (κ3) is 4.42. The molecule has 0 saturated carbocycles. The Labute approximate surface area is 184 Å². The van der Waals surface area contributed by atoms with Gasteiger partial charge in [0.05, 0.1) is 7.11 Å². The highest BCUT2D eigenvalue weighted by Gasteiger charge is 2.29. The Bertz CT molecular complexity index is 1120. The Hall–Kier alpha value is -3.87. The number of nitrogens with one attached hydrogen (secondary N) is 1. The van der Waals surface area contributed by atoms with Gasteiger partial charge >= 0.3 is 12.1 Å². The van der Waals surface area contributed by atoms with Crippen LogP contribution in [-0.4, -0.2) is 36.9 Å². The van der Waals surface area contributed by atoms with Crippen LogP contribution in [0.3, 0.4) is 0 Å². The molecule has 32 heavy (non-hydrogen) atoms. The minimum atomic E-state index is -1.28. The summed E-state index contributed by atoms with van der Waals surface area (Å²) in [4.78, 5) is 24.1.